The van der Waals surface area contributed by atoms with Crippen LogP contribution in [0.1, 0.15) is 44.9 Å². The van der Waals surface area contributed by atoms with E-state index in [1.54, 1.807) is 0 Å². The third-order valence-electron chi connectivity index (χ3n) is 2.86. The Kier molecular flexibility index (Phi) is 8.68. The van der Waals surface area contributed by atoms with Gasteiger partial charge >= 0.3 is 0 Å². The van der Waals surface area contributed by atoms with E-state index in [0.29, 0.717) is 0 Å². The zero-order valence-corrected chi connectivity index (χ0v) is 14.8. The van der Waals surface area contributed by atoms with E-state index in [0.717, 1.165) is 6.42 Å². The van der Waals surface area contributed by atoms with Crippen molar-refractivity contribution in [1.82, 2.24) is 0 Å². The molecular formula is C14H33OSi2. The Bertz CT molecular complexity index is 185. The van der Waals surface area contributed by atoms with Gasteiger partial charge in [-0.1, -0.05) is 51.9 Å². The van der Waals surface area contributed by atoms with Gasteiger partial charge in [0.15, 0.2) is 16.6 Å². The van der Waals surface area contributed by atoms with Crippen LogP contribution in [0.15, 0.2) is 0 Å². The van der Waals surface area contributed by atoms with Gasteiger partial charge in [-0.25, -0.2) is 0 Å². The van der Waals surface area contributed by atoms with E-state index in [9.17, 15) is 0 Å². The molecular weight excluding hydrogens is 240 g/mol. The maximum absolute atomic E-state index is 6.34. The number of hydrogen-bond acceptors (Lipinski definition) is 1. The van der Waals surface area contributed by atoms with Gasteiger partial charge in [0, 0.05) is 0 Å². The predicted molar refractivity (Wildman–Crippen MR) is 84.4 cm³/mol. The molecule has 3 heteroatoms. The minimum atomic E-state index is -1.36. The van der Waals surface area contributed by atoms with Gasteiger partial charge in [0.2, 0.25) is 0 Å². The molecule has 0 aliphatic carbocycles. The molecule has 0 aromatic heterocycles. The van der Waals surface area contributed by atoms with Gasteiger partial charge < -0.3 is 4.12 Å². The molecule has 0 spiro atoms. The van der Waals surface area contributed by atoms with Crippen molar-refractivity contribution >= 4 is 16.6 Å². The molecule has 0 aromatic carbocycles. The van der Waals surface area contributed by atoms with Crippen molar-refractivity contribution in [1.29, 1.82) is 0 Å². The first-order chi connectivity index (χ1) is 7.77. The topological polar surface area (TPSA) is 9.23 Å². The molecule has 0 atom stereocenters. The normalized spacial score (nSPS) is 13.1. The number of rotatable bonds is 10. The molecule has 0 saturated heterocycles. The largest absolute Gasteiger partial charge is 0.456 e. The van der Waals surface area contributed by atoms with Crippen LogP contribution in [-0.4, -0.2) is 16.6 Å². The summed E-state index contributed by atoms with van der Waals surface area (Å²) in [5.74, 6) is 0. The van der Waals surface area contributed by atoms with E-state index >= 15 is 0 Å². The molecule has 0 rings (SSSR count). The number of unbranched alkanes of at least 4 members (excludes halogenated alkanes) is 6. The van der Waals surface area contributed by atoms with Crippen LogP contribution < -0.4 is 0 Å². The molecule has 0 fully saturated rings. The van der Waals surface area contributed by atoms with E-state index in [2.05, 4.69) is 39.7 Å². The lowest BCUT2D eigenvalue weighted by Gasteiger charge is -2.31. The van der Waals surface area contributed by atoms with Gasteiger partial charge in [0.1, 0.15) is 0 Å². The Morgan fingerprint density at radius 2 is 1.24 bits per heavy atom. The fourth-order valence-corrected chi connectivity index (χ4v) is 10.5. The maximum Gasteiger partial charge on any atom is 0.173 e. The lowest BCUT2D eigenvalue weighted by atomic mass is 10.1. The van der Waals surface area contributed by atoms with E-state index in [1.165, 1.54) is 44.6 Å². The Morgan fingerprint density at radius 3 is 1.71 bits per heavy atom. The quantitative estimate of drug-likeness (QED) is 0.371. The summed E-state index contributed by atoms with van der Waals surface area (Å²) < 4.78 is 6.34. The summed E-state index contributed by atoms with van der Waals surface area (Å²) in [6.45, 7) is 15.6. The van der Waals surface area contributed by atoms with Gasteiger partial charge in [-0.05, 0) is 38.8 Å². The van der Waals surface area contributed by atoms with Crippen molar-refractivity contribution in [3.8, 4) is 0 Å². The lowest BCUT2D eigenvalue weighted by molar-refractivity contribution is 0.535. The van der Waals surface area contributed by atoms with Gasteiger partial charge in [0.05, 0.1) is 0 Å². The van der Waals surface area contributed by atoms with Crippen LogP contribution in [-0.2, 0) is 4.12 Å². The molecule has 103 valence electrons. The first-order valence-corrected chi connectivity index (χ1v) is 13.8. The molecule has 0 saturated carbocycles. The standard InChI is InChI=1S/C14H33OSi2/c1-7-8-9-10-11-12-13-14-17(5,6)15-16(2,3)4/h1,7-14H2,2-6H3. The van der Waals surface area contributed by atoms with Crippen molar-refractivity contribution in [2.24, 2.45) is 0 Å². The zero-order valence-electron chi connectivity index (χ0n) is 12.8. The first-order valence-electron chi connectivity index (χ1n) is 7.26. The third-order valence-corrected chi connectivity index (χ3v) is 9.08. The number of hydrogen-bond donors (Lipinski definition) is 0. The van der Waals surface area contributed by atoms with Crippen molar-refractivity contribution in [2.75, 3.05) is 0 Å². The van der Waals surface area contributed by atoms with Crippen molar-refractivity contribution in [3.05, 3.63) is 6.92 Å². The van der Waals surface area contributed by atoms with Crippen LogP contribution in [0.2, 0.25) is 38.8 Å². The molecule has 0 aliphatic rings. The second-order valence-electron chi connectivity index (χ2n) is 6.70. The van der Waals surface area contributed by atoms with Gasteiger partial charge in [-0.3, -0.25) is 0 Å². The first kappa shape index (κ1) is 17.4. The van der Waals surface area contributed by atoms with Crippen LogP contribution in [0.4, 0.5) is 0 Å². The molecule has 0 aromatic rings. The molecule has 0 bridgehead atoms. The third kappa shape index (κ3) is 12.6. The minimum Gasteiger partial charge on any atom is -0.456 e. The maximum atomic E-state index is 6.34. The average Bonchev–Trinajstić information content (AvgIpc) is 2.12. The highest BCUT2D eigenvalue weighted by atomic mass is 28.4. The Balaban J connectivity index is 3.52. The SMILES string of the molecule is [CH2]CCCCCCCC[Si](C)(C)O[Si](C)(C)C. The summed E-state index contributed by atoms with van der Waals surface area (Å²) in [6.07, 6.45) is 9.33. The molecule has 0 aliphatic heterocycles. The summed E-state index contributed by atoms with van der Waals surface area (Å²) in [4.78, 5) is 0. The smallest absolute Gasteiger partial charge is 0.173 e. The van der Waals surface area contributed by atoms with E-state index in [-0.39, 0.29) is 0 Å². The summed E-state index contributed by atoms with van der Waals surface area (Å²) >= 11 is 0. The highest BCUT2D eigenvalue weighted by Crippen LogP contribution is 2.21. The van der Waals surface area contributed by atoms with Gasteiger partial charge in [-0.15, -0.1) is 0 Å². The summed E-state index contributed by atoms with van der Waals surface area (Å²) in [7, 11) is -2.69. The van der Waals surface area contributed by atoms with Crippen LogP contribution >= 0.6 is 0 Å². The molecule has 17 heavy (non-hydrogen) atoms. The fourth-order valence-electron chi connectivity index (χ4n) is 2.31. The predicted octanol–water partition coefficient (Wildman–Crippen LogP) is 5.61. The van der Waals surface area contributed by atoms with Gasteiger partial charge in [-0.2, -0.15) is 0 Å². The summed E-state index contributed by atoms with van der Waals surface area (Å²) in [5.41, 5.74) is 0. The Labute approximate surface area is 112 Å². The second-order valence-corrected chi connectivity index (χ2v) is 15.8. The van der Waals surface area contributed by atoms with Crippen LogP contribution in [0, 0.1) is 6.92 Å². The highest BCUT2D eigenvalue weighted by Gasteiger charge is 2.28. The van der Waals surface area contributed by atoms with Crippen molar-refractivity contribution < 1.29 is 4.12 Å². The molecule has 0 N–H and O–H groups in total. The van der Waals surface area contributed by atoms with E-state index in [4.69, 9.17) is 4.12 Å². The minimum absolute atomic E-state index is 1.10. The van der Waals surface area contributed by atoms with Gasteiger partial charge in [0.25, 0.3) is 0 Å². The zero-order chi connectivity index (χ0) is 13.4. The average molecular weight is 274 g/mol. The van der Waals surface area contributed by atoms with Crippen LogP contribution in [0.25, 0.3) is 0 Å². The van der Waals surface area contributed by atoms with Crippen LogP contribution in [0.3, 0.4) is 0 Å². The summed E-state index contributed by atoms with van der Waals surface area (Å²) in [5, 5.41) is 0. The molecule has 0 heterocycles. The van der Waals surface area contributed by atoms with Crippen molar-refractivity contribution in [3.63, 3.8) is 0 Å². The molecule has 1 radical (unpaired) electrons. The van der Waals surface area contributed by atoms with Crippen LogP contribution in [0.5, 0.6) is 0 Å². The Hall–Kier alpha value is 0.394. The molecule has 0 unspecified atom stereocenters. The molecule has 1 nitrogen and oxygen atoms in total. The Morgan fingerprint density at radius 1 is 0.765 bits per heavy atom. The highest BCUT2D eigenvalue weighted by molar-refractivity contribution is 6.84. The van der Waals surface area contributed by atoms with Crippen molar-refractivity contribution in [2.45, 2.75) is 83.7 Å². The van der Waals surface area contributed by atoms with E-state index in [1.807, 2.05) is 0 Å². The lowest BCUT2D eigenvalue weighted by Crippen LogP contribution is -2.42. The fraction of sp³-hybridized carbons (Fsp3) is 0.929. The second kappa shape index (κ2) is 8.49. The molecule has 0 amide bonds. The monoisotopic (exact) mass is 273 g/mol. The summed E-state index contributed by atoms with van der Waals surface area (Å²) in [6, 6.07) is 1.34. The van der Waals surface area contributed by atoms with E-state index < -0.39 is 16.6 Å².